The first kappa shape index (κ1) is 17.9. The van der Waals surface area contributed by atoms with Crippen molar-refractivity contribution < 1.29 is 18.3 Å². The molecule has 136 valence electrons. The molecule has 0 unspecified atom stereocenters. The maximum absolute atomic E-state index is 14.1. The van der Waals surface area contributed by atoms with Gasteiger partial charge >= 0.3 is 0 Å². The summed E-state index contributed by atoms with van der Waals surface area (Å²) in [7, 11) is 1.55. The molecule has 0 amide bonds. The van der Waals surface area contributed by atoms with Gasteiger partial charge in [-0.25, -0.2) is 9.37 Å². The first-order chi connectivity index (χ1) is 12.1. The number of oxazole rings is 1. The average molecular weight is 348 g/mol. The fourth-order valence-electron chi connectivity index (χ4n) is 3.08. The van der Waals surface area contributed by atoms with Gasteiger partial charge < -0.3 is 13.9 Å². The molecule has 0 saturated carbocycles. The number of rotatable bonds is 7. The monoisotopic (exact) mass is 348 g/mol. The molecule has 0 bridgehead atoms. The van der Waals surface area contributed by atoms with Gasteiger partial charge in [-0.1, -0.05) is 6.92 Å². The molecule has 0 radical (unpaired) electrons. The van der Waals surface area contributed by atoms with Gasteiger partial charge in [-0.15, -0.1) is 0 Å². The number of benzene rings is 1. The lowest BCUT2D eigenvalue weighted by Gasteiger charge is -2.22. The van der Waals surface area contributed by atoms with Crippen molar-refractivity contribution in [1.82, 2.24) is 9.88 Å². The molecular formula is C19H25FN2O3. The Kier molecular flexibility index (Phi) is 5.71. The predicted octanol–water partition coefficient (Wildman–Crippen LogP) is 3.80. The Bertz CT molecular complexity index is 711. The summed E-state index contributed by atoms with van der Waals surface area (Å²) in [4.78, 5) is 6.82. The lowest BCUT2D eigenvalue weighted by molar-refractivity contribution is 0.0720. The molecule has 1 fully saturated rings. The van der Waals surface area contributed by atoms with E-state index in [9.17, 15) is 4.39 Å². The van der Waals surface area contributed by atoms with E-state index in [0.29, 0.717) is 29.7 Å². The fourth-order valence-corrected chi connectivity index (χ4v) is 3.08. The van der Waals surface area contributed by atoms with Crippen LogP contribution in [0.4, 0.5) is 4.39 Å². The highest BCUT2D eigenvalue weighted by atomic mass is 19.1. The zero-order valence-electron chi connectivity index (χ0n) is 15.0. The summed E-state index contributed by atoms with van der Waals surface area (Å²) in [6, 6.07) is 4.55. The van der Waals surface area contributed by atoms with Crippen molar-refractivity contribution in [1.29, 1.82) is 0 Å². The Hall–Kier alpha value is -1.92. The molecule has 1 atom stereocenters. The first-order valence-electron chi connectivity index (χ1n) is 8.75. The molecule has 1 aliphatic heterocycles. The average Bonchev–Trinajstić information content (AvgIpc) is 3.25. The molecule has 6 heteroatoms. The van der Waals surface area contributed by atoms with E-state index in [-0.39, 0.29) is 11.7 Å². The Balaban J connectivity index is 1.77. The van der Waals surface area contributed by atoms with Crippen LogP contribution in [-0.2, 0) is 11.3 Å². The Morgan fingerprint density at radius 1 is 1.40 bits per heavy atom. The number of aryl methyl sites for hydroxylation is 1. The molecule has 2 heterocycles. The van der Waals surface area contributed by atoms with Crippen molar-refractivity contribution >= 4 is 0 Å². The topological polar surface area (TPSA) is 47.7 Å². The third kappa shape index (κ3) is 4.19. The molecule has 0 spiro atoms. The molecule has 1 aromatic heterocycles. The third-order valence-electron chi connectivity index (χ3n) is 4.60. The van der Waals surface area contributed by atoms with E-state index in [0.717, 1.165) is 38.2 Å². The van der Waals surface area contributed by atoms with Crippen molar-refractivity contribution in [2.24, 2.45) is 0 Å². The van der Waals surface area contributed by atoms with Crippen LogP contribution in [0.1, 0.15) is 31.2 Å². The summed E-state index contributed by atoms with van der Waals surface area (Å²) in [6.07, 6.45) is 2.53. The minimum Gasteiger partial charge on any atom is -0.497 e. The Morgan fingerprint density at radius 3 is 2.92 bits per heavy atom. The molecule has 0 N–H and O–H groups in total. The molecule has 3 rings (SSSR count). The molecule has 1 aliphatic rings. The van der Waals surface area contributed by atoms with Gasteiger partial charge in [0, 0.05) is 19.7 Å². The van der Waals surface area contributed by atoms with Crippen LogP contribution < -0.4 is 4.74 Å². The Morgan fingerprint density at radius 2 is 2.24 bits per heavy atom. The lowest BCUT2D eigenvalue weighted by Crippen LogP contribution is -2.31. The lowest BCUT2D eigenvalue weighted by atomic mass is 10.2. The molecule has 1 aromatic carbocycles. The van der Waals surface area contributed by atoms with Crippen LogP contribution in [0.2, 0.25) is 0 Å². The summed E-state index contributed by atoms with van der Waals surface area (Å²) in [5.41, 5.74) is 1.15. The third-order valence-corrected chi connectivity index (χ3v) is 4.60. The second-order valence-corrected chi connectivity index (χ2v) is 6.33. The standard InChI is InChI=1S/C19H25FN2O3/c1-4-22(11-15-6-5-9-24-15)12-18-13(2)25-19(21-18)16-10-14(23-3)7-8-17(16)20/h7-8,10,15H,4-6,9,11-12H2,1-3H3/t15-/m0/s1. The van der Waals surface area contributed by atoms with E-state index >= 15 is 0 Å². The summed E-state index contributed by atoms with van der Waals surface area (Å²) in [5, 5.41) is 0. The quantitative estimate of drug-likeness (QED) is 0.762. The predicted molar refractivity (Wildman–Crippen MR) is 93.1 cm³/mol. The second-order valence-electron chi connectivity index (χ2n) is 6.33. The second kappa shape index (κ2) is 7.97. The highest BCUT2D eigenvalue weighted by Crippen LogP contribution is 2.28. The zero-order chi connectivity index (χ0) is 17.8. The van der Waals surface area contributed by atoms with Gasteiger partial charge in [0.25, 0.3) is 0 Å². The Labute approximate surface area is 147 Å². The van der Waals surface area contributed by atoms with Crippen molar-refractivity contribution in [3.8, 4) is 17.2 Å². The summed E-state index contributed by atoms with van der Waals surface area (Å²) in [5.74, 6) is 1.20. The molecule has 1 saturated heterocycles. The smallest absolute Gasteiger partial charge is 0.229 e. The first-order valence-corrected chi connectivity index (χ1v) is 8.75. The fraction of sp³-hybridized carbons (Fsp3) is 0.526. The van der Waals surface area contributed by atoms with Crippen LogP contribution in [0.3, 0.4) is 0 Å². The minimum absolute atomic E-state index is 0.289. The van der Waals surface area contributed by atoms with Gasteiger partial charge in [0.1, 0.15) is 17.3 Å². The van der Waals surface area contributed by atoms with E-state index < -0.39 is 0 Å². The number of hydrogen-bond acceptors (Lipinski definition) is 5. The van der Waals surface area contributed by atoms with Crippen molar-refractivity contribution in [3.63, 3.8) is 0 Å². The largest absolute Gasteiger partial charge is 0.497 e. The summed E-state index contributed by atoms with van der Waals surface area (Å²) >= 11 is 0. The number of halogens is 1. The number of ether oxygens (including phenoxy) is 2. The van der Waals surface area contributed by atoms with Gasteiger partial charge in [0.2, 0.25) is 5.89 Å². The van der Waals surface area contributed by atoms with Crippen LogP contribution >= 0.6 is 0 Å². The maximum Gasteiger partial charge on any atom is 0.229 e. The molecular weight excluding hydrogens is 323 g/mol. The SMILES string of the molecule is CCN(Cc1nc(-c2cc(OC)ccc2F)oc1C)C[C@@H]1CCCO1. The molecule has 25 heavy (non-hydrogen) atoms. The molecule has 0 aliphatic carbocycles. The van der Waals surface area contributed by atoms with Crippen molar-refractivity contribution in [2.75, 3.05) is 26.8 Å². The van der Waals surface area contributed by atoms with Crippen LogP contribution in [0.25, 0.3) is 11.5 Å². The number of methoxy groups -OCH3 is 1. The normalized spacial score (nSPS) is 17.4. The molecule has 5 nitrogen and oxygen atoms in total. The van der Waals surface area contributed by atoms with Crippen molar-refractivity contribution in [3.05, 3.63) is 35.5 Å². The summed E-state index contributed by atoms with van der Waals surface area (Å²) in [6.45, 7) is 7.28. The van der Waals surface area contributed by atoms with Crippen molar-refractivity contribution in [2.45, 2.75) is 39.3 Å². The van der Waals surface area contributed by atoms with E-state index in [4.69, 9.17) is 13.9 Å². The van der Waals surface area contributed by atoms with Gasteiger partial charge in [-0.05, 0) is 44.5 Å². The van der Waals surface area contributed by atoms with Gasteiger partial charge in [-0.3, -0.25) is 4.90 Å². The van der Waals surface area contributed by atoms with Crippen LogP contribution in [0.5, 0.6) is 5.75 Å². The van der Waals surface area contributed by atoms with Crippen LogP contribution in [0.15, 0.2) is 22.6 Å². The van der Waals surface area contributed by atoms with E-state index in [1.54, 1.807) is 19.2 Å². The van der Waals surface area contributed by atoms with Crippen LogP contribution in [0, 0.1) is 12.7 Å². The molecule has 2 aromatic rings. The minimum atomic E-state index is -0.375. The van der Waals surface area contributed by atoms with Gasteiger partial charge in [0.05, 0.1) is 24.5 Å². The highest BCUT2D eigenvalue weighted by molar-refractivity contribution is 5.57. The number of nitrogens with zero attached hydrogens (tertiary/aromatic N) is 2. The van der Waals surface area contributed by atoms with E-state index in [1.807, 2.05) is 6.92 Å². The van der Waals surface area contributed by atoms with E-state index in [1.165, 1.54) is 6.07 Å². The van der Waals surface area contributed by atoms with Crippen LogP contribution in [-0.4, -0.2) is 42.8 Å². The van der Waals surface area contributed by atoms with Gasteiger partial charge in [-0.2, -0.15) is 0 Å². The number of aromatic nitrogens is 1. The van der Waals surface area contributed by atoms with Gasteiger partial charge in [0.15, 0.2) is 0 Å². The van der Waals surface area contributed by atoms with E-state index in [2.05, 4.69) is 16.8 Å². The summed E-state index contributed by atoms with van der Waals surface area (Å²) < 4.78 is 30.8. The zero-order valence-corrected chi connectivity index (χ0v) is 15.0. The maximum atomic E-state index is 14.1. The highest BCUT2D eigenvalue weighted by Gasteiger charge is 2.21. The number of hydrogen-bond donors (Lipinski definition) is 0. The number of likely N-dealkylation sites (N-methyl/N-ethyl adjacent to an activating group) is 1.